The number of allylic oxidation sites excluding steroid dienone is 1. The molecule has 0 radical (unpaired) electrons. The molecule has 3 rings (SSSR count). The number of ether oxygens (including phenoxy) is 3. The molecular formula is C24H26O5. The Balaban J connectivity index is 2.48. The van der Waals surface area contributed by atoms with Crippen LogP contribution in [0.2, 0.25) is 0 Å². The lowest BCUT2D eigenvalue weighted by atomic mass is 9.67. The summed E-state index contributed by atoms with van der Waals surface area (Å²) in [6, 6.07) is 15.5. The van der Waals surface area contributed by atoms with E-state index in [9.17, 15) is 9.90 Å². The van der Waals surface area contributed by atoms with Crippen LogP contribution in [0.4, 0.5) is 0 Å². The average Bonchev–Trinajstić information content (AvgIpc) is 2.72. The second-order valence-electron chi connectivity index (χ2n) is 7.05. The third-order valence-electron chi connectivity index (χ3n) is 5.60. The first-order valence-corrected chi connectivity index (χ1v) is 9.36. The maximum atomic E-state index is 12.4. The van der Waals surface area contributed by atoms with Crippen LogP contribution in [0.3, 0.4) is 0 Å². The Morgan fingerprint density at radius 3 is 2.07 bits per heavy atom. The van der Waals surface area contributed by atoms with Gasteiger partial charge in [0.2, 0.25) is 0 Å². The molecule has 152 valence electrons. The quantitative estimate of drug-likeness (QED) is 0.784. The number of carboxylic acid groups (broad SMARTS) is 1. The first kappa shape index (κ1) is 20.7. The fourth-order valence-corrected chi connectivity index (χ4v) is 4.30. The summed E-state index contributed by atoms with van der Waals surface area (Å²) in [6.07, 6.45) is 1.54. The molecule has 0 saturated heterocycles. The minimum absolute atomic E-state index is 0.182. The predicted octanol–water partition coefficient (Wildman–Crippen LogP) is 4.46. The summed E-state index contributed by atoms with van der Waals surface area (Å²) >= 11 is 0. The van der Waals surface area contributed by atoms with E-state index >= 15 is 0 Å². The number of methoxy groups -OCH3 is 3. The molecule has 0 aliphatic heterocycles. The minimum atomic E-state index is -1.21. The molecule has 0 heterocycles. The topological polar surface area (TPSA) is 65.0 Å². The third kappa shape index (κ3) is 3.21. The van der Waals surface area contributed by atoms with E-state index in [1.807, 2.05) is 62.4 Å². The van der Waals surface area contributed by atoms with Gasteiger partial charge in [0.05, 0.1) is 25.7 Å². The number of aryl methyl sites for hydroxylation is 2. The Morgan fingerprint density at radius 2 is 1.55 bits per heavy atom. The van der Waals surface area contributed by atoms with Crippen LogP contribution in [-0.2, 0) is 24.6 Å². The van der Waals surface area contributed by atoms with Crippen molar-refractivity contribution in [3.63, 3.8) is 0 Å². The summed E-state index contributed by atoms with van der Waals surface area (Å²) in [5.41, 5.74) is 2.59. The second kappa shape index (κ2) is 8.13. The van der Waals surface area contributed by atoms with Crippen LogP contribution < -0.4 is 0 Å². The molecule has 5 nitrogen and oxygen atoms in total. The van der Waals surface area contributed by atoms with Gasteiger partial charge in [-0.3, -0.25) is 0 Å². The minimum Gasteiger partial charge on any atom is -0.494 e. The Labute approximate surface area is 171 Å². The van der Waals surface area contributed by atoms with Crippen molar-refractivity contribution >= 4 is 5.97 Å². The monoisotopic (exact) mass is 394 g/mol. The molecule has 2 atom stereocenters. The van der Waals surface area contributed by atoms with E-state index in [4.69, 9.17) is 14.2 Å². The van der Waals surface area contributed by atoms with E-state index in [-0.39, 0.29) is 5.57 Å². The van der Waals surface area contributed by atoms with Crippen molar-refractivity contribution in [3.8, 4) is 0 Å². The highest BCUT2D eigenvalue weighted by molar-refractivity contribution is 5.90. The number of hydrogen-bond acceptors (Lipinski definition) is 4. The molecule has 0 spiro atoms. The number of carboxylic acids is 1. The zero-order valence-corrected chi connectivity index (χ0v) is 17.4. The third-order valence-corrected chi connectivity index (χ3v) is 5.60. The predicted molar refractivity (Wildman–Crippen MR) is 111 cm³/mol. The summed E-state index contributed by atoms with van der Waals surface area (Å²) in [6.45, 7) is 3.94. The van der Waals surface area contributed by atoms with Crippen molar-refractivity contribution in [2.75, 3.05) is 21.3 Å². The van der Waals surface area contributed by atoms with Crippen LogP contribution >= 0.6 is 0 Å². The van der Waals surface area contributed by atoms with Crippen molar-refractivity contribution in [2.45, 2.75) is 25.4 Å². The first-order chi connectivity index (χ1) is 13.9. The Morgan fingerprint density at radius 1 is 0.931 bits per heavy atom. The molecule has 0 amide bonds. The van der Waals surface area contributed by atoms with Crippen molar-refractivity contribution in [3.05, 3.63) is 94.0 Å². The van der Waals surface area contributed by atoms with Gasteiger partial charge >= 0.3 is 5.97 Å². The van der Waals surface area contributed by atoms with Crippen LogP contribution in [0.15, 0.2) is 71.7 Å². The highest BCUT2D eigenvalue weighted by Crippen LogP contribution is 2.54. The van der Waals surface area contributed by atoms with E-state index < -0.39 is 17.5 Å². The largest absolute Gasteiger partial charge is 0.494 e. The van der Waals surface area contributed by atoms with Gasteiger partial charge in [0.1, 0.15) is 0 Å². The van der Waals surface area contributed by atoms with E-state index in [0.29, 0.717) is 11.5 Å². The maximum absolute atomic E-state index is 12.4. The lowest BCUT2D eigenvalue weighted by Crippen LogP contribution is -2.44. The average molecular weight is 394 g/mol. The lowest BCUT2D eigenvalue weighted by Gasteiger charge is -2.45. The summed E-state index contributed by atoms with van der Waals surface area (Å²) < 4.78 is 17.6. The number of benzene rings is 2. The molecule has 0 saturated carbocycles. The molecule has 0 fully saturated rings. The smallest absolute Gasteiger partial charge is 0.332 e. The Hall–Kier alpha value is -3.05. The van der Waals surface area contributed by atoms with Gasteiger partial charge in [0.15, 0.2) is 17.1 Å². The van der Waals surface area contributed by atoms with Crippen molar-refractivity contribution < 1.29 is 24.1 Å². The van der Waals surface area contributed by atoms with E-state index in [1.165, 1.54) is 13.2 Å². The zero-order valence-electron chi connectivity index (χ0n) is 17.4. The lowest BCUT2D eigenvalue weighted by molar-refractivity contribution is -0.134. The zero-order chi connectivity index (χ0) is 21.2. The molecule has 0 bridgehead atoms. The number of rotatable bonds is 6. The molecule has 0 aromatic heterocycles. The van der Waals surface area contributed by atoms with Crippen molar-refractivity contribution in [2.24, 2.45) is 0 Å². The van der Waals surface area contributed by atoms with Crippen molar-refractivity contribution in [1.82, 2.24) is 0 Å². The van der Waals surface area contributed by atoms with Gasteiger partial charge in [-0.2, -0.15) is 0 Å². The molecule has 1 aliphatic carbocycles. The van der Waals surface area contributed by atoms with Gasteiger partial charge in [0.25, 0.3) is 0 Å². The van der Waals surface area contributed by atoms with Crippen LogP contribution in [0, 0.1) is 13.8 Å². The molecule has 2 aromatic rings. The fraction of sp³-hybridized carbons (Fsp3) is 0.292. The normalized spacial score (nSPS) is 21.6. The summed E-state index contributed by atoms with van der Waals surface area (Å²) in [5, 5.41) is 10.1. The first-order valence-electron chi connectivity index (χ1n) is 9.36. The molecule has 5 heteroatoms. The molecule has 2 aromatic carbocycles. The summed E-state index contributed by atoms with van der Waals surface area (Å²) in [7, 11) is 4.63. The van der Waals surface area contributed by atoms with E-state index in [0.717, 1.165) is 22.3 Å². The van der Waals surface area contributed by atoms with E-state index in [1.54, 1.807) is 14.2 Å². The second-order valence-corrected chi connectivity index (χ2v) is 7.05. The highest BCUT2D eigenvalue weighted by atomic mass is 16.5. The summed E-state index contributed by atoms with van der Waals surface area (Å²) in [4.78, 5) is 12.4. The van der Waals surface area contributed by atoms with Gasteiger partial charge in [-0.25, -0.2) is 4.79 Å². The van der Waals surface area contributed by atoms with Gasteiger partial charge in [-0.1, -0.05) is 48.5 Å². The SMILES string of the molecule is COC1=C(OC)C(OC)(c2ccccc2C)C(c2ccccc2C)C(C(=O)O)=C1. The maximum Gasteiger partial charge on any atom is 0.332 e. The van der Waals surface area contributed by atoms with Crippen LogP contribution in [-0.4, -0.2) is 32.4 Å². The molecule has 1 N–H and O–H groups in total. The van der Waals surface area contributed by atoms with Gasteiger partial charge < -0.3 is 19.3 Å². The van der Waals surface area contributed by atoms with Crippen LogP contribution in [0.5, 0.6) is 0 Å². The van der Waals surface area contributed by atoms with E-state index in [2.05, 4.69) is 0 Å². The fourth-order valence-electron chi connectivity index (χ4n) is 4.30. The van der Waals surface area contributed by atoms with Gasteiger partial charge in [-0.15, -0.1) is 0 Å². The molecule has 1 aliphatic rings. The molecule has 2 unspecified atom stereocenters. The van der Waals surface area contributed by atoms with Gasteiger partial charge in [-0.05, 0) is 42.2 Å². The highest BCUT2D eigenvalue weighted by Gasteiger charge is 2.54. The van der Waals surface area contributed by atoms with Crippen molar-refractivity contribution in [1.29, 1.82) is 0 Å². The number of carbonyl (C=O) groups is 1. The number of aliphatic carboxylic acids is 1. The summed E-state index contributed by atoms with van der Waals surface area (Å²) in [5.74, 6) is -0.894. The molecular weight excluding hydrogens is 368 g/mol. The van der Waals surface area contributed by atoms with Gasteiger partial charge in [0, 0.05) is 7.11 Å². The Kier molecular flexibility index (Phi) is 5.80. The molecule has 29 heavy (non-hydrogen) atoms. The Bertz CT molecular complexity index is 988. The van der Waals surface area contributed by atoms with Crippen LogP contribution in [0.1, 0.15) is 28.2 Å². The number of hydrogen-bond donors (Lipinski definition) is 1. The van der Waals surface area contributed by atoms with Crippen LogP contribution in [0.25, 0.3) is 0 Å². The standard InChI is InChI=1S/C24H26O5/c1-15-10-6-8-12-17(15)21-18(23(25)26)14-20(27-3)22(28-4)24(21,29-5)19-13-9-7-11-16(19)2/h6-14,21H,1-5H3,(H,25,26).